The predicted octanol–water partition coefficient (Wildman–Crippen LogP) is 3.75. The molecule has 0 aromatic rings. The van der Waals surface area contributed by atoms with Crippen LogP contribution in [0.5, 0.6) is 0 Å². The first kappa shape index (κ1) is 12.4. The number of likely N-dealkylation sites (N-methyl/N-ethyl adjacent to an activating group) is 1. The molecule has 0 saturated heterocycles. The first-order valence-electron chi connectivity index (χ1n) is 6.93. The second-order valence-electron chi connectivity index (χ2n) is 5.33. The Hall–Kier alpha value is -1.05. The molecule has 94 valence electrons. The lowest BCUT2D eigenvalue weighted by Crippen LogP contribution is -2.41. The molecule has 2 heteroatoms. The molecule has 0 unspecified atom stereocenters. The topological polar surface area (TPSA) is 27.1 Å². The third-order valence-corrected chi connectivity index (χ3v) is 4.20. The first-order valence-corrected chi connectivity index (χ1v) is 6.93. The van der Waals surface area contributed by atoms with Gasteiger partial charge in [0.25, 0.3) is 0 Å². The number of nitrogens with one attached hydrogen (secondary N) is 1. The van der Waals surface area contributed by atoms with Crippen LogP contribution in [0.2, 0.25) is 0 Å². The molecule has 0 aromatic heterocycles. The van der Waals surface area contributed by atoms with E-state index in [-0.39, 0.29) is 0 Å². The summed E-state index contributed by atoms with van der Waals surface area (Å²) in [5.74, 6) is 1.46. The van der Waals surface area contributed by atoms with Crippen LogP contribution in [0.15, 0.2) is 24.3 Å². The van der Waals surface area contributed by atoms with Gasteiger partial charge in [-0.15, -0.1) is 0 Å². The van der Waals surface area contributed by atoms with Gasteiger partial charge in [0, 0.05) is 13.1 Å². The maximum Gasteiger partial charge on any atom is 0.120 e. The molecule has 0 spiro atoms. The van der Waals surface area contributed by atoms with Crippen LogP contribution in [0.25, 0.3) is 0 Å². The fourth-order valence-corrected chi connectivity index (χ4v) is 3.15. The standard InChI is InChI=1S/C15H24N2/c1-17-14(13-9-5-4-6-10-13)11-7-2-3-8-12-15(17)16/h2-3,8,12-14,16H,4-7,9-11H2,1H3/b3-2-,12-8-,16-15?/t14-/m0/s1. The summed E-state index contributed by atoms with van der Waals surface area (Å²) in [5, 5.41) is 8.08. The molecule has 2 nitrogen and oxygen atoms in total. The van der Waals surface area contributed by atoms with Crippen molar-refractivity contribution in [1.82, 2.24) is 4.90 Å². The Morgan fingerprint density at radius 2 is 1.88 bits per heavy atom. The highest BCUT2D eigenvalue weighted by Crippen LogP contribution is 2.31. The van der Waals surface area contributed by atoms with E-state index in [1.165, 1.54) is 38.5 Å². The molecule has 0 radical (unpaired) electrons. The van der Waals surface area contributed by atoms with Crippen LogP contribution in [0, 0.1) is 11.3 Å². The minimum Gasteiger partial charge on any atom is -0.357 e. The van der Waals surface area contributed by atoms with Crippen LogP contribution >= 0.6 is 0 Å². The van der Waals surface area contributed by atoms with E-state index in [1.54, 1.807) is 0 Å². The number of nitrogens with zero attached hydrogens (tertiary/aromatic N) is 1. The zero-order valence-corrected chi connectivity index (χ0v) is 10.9. The molecule has 2 aliphatic rings. The fourth-order valence-electron chi connectivity index (χ4n) is 3.15. The summed E-state index contributed by atoms with van der Waals surface area (Å²) in [6, 6.07) is 0.565. The van der Waals surface area contributed by atoms with Crippen molar-refractivity contribution in [2.24, 2.45) is 5.92 Å². The molecule has 1 saturated carbocycles. The van der Waals surface area contributed by atoms with Crippen molar-refractivity contribution >= 4 is 5.84 Å². The quantitative estimate of drug-likeness (QED) is 0.732. The van der Waals surface area contributed by atoms with E-state index < -0.39 is 0 Å². The van der Waals surface area contributed by atoms with Crippen LogP contribution in [-0.2, 0) is 0 Å². The van der Waals surface area contributed by atoms with Gasteiger partial charge in [0.2, 0.25) is 0 Å². The molecule has 1 fully saturated rings. The average molecular weight is 232 g/mol. The minimum atomic E-state index is 0.565. The van der Waals surface area contributed by atoms with Gasteiger partial charge < -0.3 is 4.90 Å². The third-order valence-electron chi connectivity index (χ3n) is 4.20. The van der Waals surface area contributed by atoms with Gasteiger partial charge in [0.1, 0.15) is 5.84 Å². The summed E-state index contributed by atoms with van der Waals surface area (Å²) in [6.07, 6.45) is 17.4. The van der Waals surface area contributed by atoms with Crippen molar-refractivity contribution in [1.29, 1.82) is 5.41 Å². The zero-order valence-electron chi connectivity index (χ0n) is 10.9. The van der Waals surface area contributed by atoms with Crippen molar-refractivity contribution in [2.75, 3.05) is 7.05 Å². The molecule has 0 aromatic carbocycles. The van der Waals surface area contributed by atoms with Gasteiger partial charge in [-0.2, -0.15) is 0 Å². The summed E-state index contributed by atoms with van der Waals surface area (Å²) in [6.45, 7) is 0. The Bertz CT molecular complexity index is 311. The lowest BCUT2D eigenvalue weighted by molar-refractivity contribution is 0.195. The Balaban J connectivity index is 2.08. The van der Waals surface area contributed by atoms with Gasteiger partial charge in [-0.1, -0.05) is 37.5 Å². The lowest BCUT2D eigenvalue weighted by Gasteiger charge is -2.37. The average Bonchev–Trinajstić information content (AvgIpc) is 2.44. The highest BCUT2D eigenvalue weighted by atomic mass is 15.2. The van der Waals surface area contributed by atoms with Gasteiger partial charge in [0.05, 0.1) is 0 Å². The molecular weight excluding hydrogens is 208 g/mol. The third kappa shape index (κ3) is 3.21. The summed E-state index contributed by atoms with van der Waals surface area (Å²) in [7, 11) is 2.09. The van der Waals surface area contributed by atoms with Crippen molar-refractivity contribution < 1.29 is 0 Å². The van der Waals surface area contributed by atoms with Gasteiger partial charge in [-0.05, 0) is 37.7 Å². The van der Waals surface area contributed by atoms with Gasteiger partial charge in [-0.3, -0.25) is 5.41 Å². The molecule has 1 heterocycles. The highest BCUT2D eigenvalue weighted by Gasteiger charge is 2.27. The van der Waals surface area contributed by atoms with Crippen LogP contribution in [-0.4, -0.2) is 23.8 Å². The van der Waals surface area contributed by atoms with E-state index in [0.717, 1.165) is 12.3 Å². The van der Waals surface area contributed by atoms with E-state index in [9.17, 15) is 0 Å². The summed E-state index contributed by atoms with van der Waals surface area (Å²) < 4.78 is 0. The Morgan fingerprint density at radius 1 is 1.12 bits per heavy atom. The van der Waals surface area contributed by atoms with E-state index in [0.29, 0.717) is 11.9 Å². The van der Waals surface area contributed by atoms with E-state index in [4.69, 9.17) is 5.41 Å². The second kappa shape index (κ2) is 6.04. The number of allylic oxidation sites excluding steroid dienone is 3. The number of hydrogen-bond donors (Lipinski definition) is 1. The van der Waals surface area contributed by atoms with Crippen molar-refractivity contribution in [3.05, 3.63) is 24.3 Å². The first-order chi connectivity index (χ1) is 8.29. The molecule has 1 aliphatic heterocycles. The van der Waals surface area contributed by atoms with Crippen LogP contribution in [0.1, 0.15) is 44.9 Å². The molecule has 2 rings (SSSR count). The molecule has 0 bridgehead atoms. The summed E-state index contributed by atoms with van der Waals surface area (Å²) >= 11 is 0. The molecular formula is C15H24N2. The van der Waals surface area contributed by atoms with Crippen molar-refractivity contribution in [3.8, 4) is 0 Å². The summed E-state index contributed by atoms with van der Waals surface area (Å²) in [5.41, 5.74) is 0. The Labute approximate surface area is 105 Å². The number of hydrogen-bond acceptors (Lipinski definition) is 1. The largest absolute Gasteiger partial charge is 0.357 e. The zero-order chi connectivity index (χ0) is 12.1. The maximum absolute atomic E-state index is 8.08. The number of rotatable bonds is 1. The van der Waals surface area contributed by atoms with E-state index >= 15 is 0 Å². The SMILES string of the molecule is CN1C(=N)/C=C\C=C/CC[C@H]1C1CCCCC1. The molecule has 1 aliphatic carbocycles. The number of amidine groups is 1. The van der Waals surface area contributed by atoms with Crippen LogP contribution in [0.4, 0.5) is 0 Å². The fraction of sp³-hybridized carbons (Fsp3) is 0.667. The van der Waals surface area contributed by atoms with Gasteiger partial charge in [-0.25, -0.2) is 0 Å². The van der Waals surface area contributed by atoms with Gasteiger partial charge in [0.15, 0.2) is 0 Å². The molecule has 17 heavy (non-hydrogen) atoms. The highest BCUT2D eigenvalue weighted by molar-refractivity contribution is 5.90. The van der Waals surface area contributed by atoms with Crippen molar-refractivity contribution in [3.63, 3.8) is 0 Å². The van der Waals surface area contributed by atoms with Crippen LogP contribution in [0.3, 0.4) is 0 Å². The summed E-state index contributed by atoms with van der Waals surface area (Å²) in [4.78, 5) is 2.19. The molecule has 0 amide bonds. The van der Waals surface area contributed by atoms with Gasteiger partial charge >= 0.3 is 0 Å². The maximum atomic E-state index is 8.08. The monoisotopic (exact) mass is 232 g/mol. The van der Waals surface area contributed by atoms with E-state index in [2.05, 4.69) is 24.1 Å². The smallest absolute Gasteiger partial charge is 0.120 e. The Kier molecular flexibility index (Phi) is 4.41. The lowest BCUT2D eigenvalue weighted by atomic mass is 9.81. The minimum absolute atomic E-state index is 0.565. The Morgan fingerprint density at radius 3 is 2.65 bits per heavy atom. The molecule has 1 N–H and O–H groups in total. The predicted molar refractivity (Wildman–Crippen MR) is 73.4 cm³/mol. The second-order valence-corrected chi connectivity index (χ2v) is 5.33. The normalized spacial score (nSPS) is 31.5. The van der Waals surface area contributed by atoms with Crippen LogP contribution < -0.4 is 0 Å². The molecule has 1 atom stereocenters. The van der Waals surface area contributed by atoms with Crippen molar-refractivity contribution in [2.45, 2.75) is 51.0 Å². The van der Waals surface area contributed by atoms with E-state index in [1.807, 2.05) is 12.2 Å².